The molecule has 8 nitrogen and oxygen atoms in total. The fraction of sp³-hybridized carbons (Fsp3) is 0.133. The molecular weight excluding hydrogens is 594 g/mol. The van der Waals surface area contributed by atoms with E-state index in [2.05, 4.69) is 44.4 Å². The summed E-state index contributed by atoms with van der Waals surface area (Å²) in [6, 6.07) is 22.4. The Morgan fingerprint density at radius 2 is 1.88 bits per heavy atom. The SMILES string of the molecule is CCOc1cc(/C=C2/SC(=Nc3ccc([N+](=O)[O-])cc3C)NC2=O)cc(Br)c1OCc1cccc2ccccc12. The summed E-state index contributed by atoms with van der Waals surface area (Å²) in [5.74, 6) is 0.854. The molecule has 4 aromatic carbocycles. The summed E-state index contributed by atoms with van der Waals surface area (Å²) in [4.78, 5) is 28.2. The first-order chi connectivity index (χ1) is 19.3. The van der Waals surface area contributed by atoms with Gasteiger partial charge in [0.05, 0.1) is 26.6 Å². The number of nitrogens with zero attached hydrogens (tertiary/aromatic N) is 2. The van der Waals surface area contributed by atoms with Gasteiger partial charge in [-0.25, -0.2) is 4.99 Å². The van der Waals surface area contributed by atoms with Crippen LogP contribution in [0.25, 0.3) is 16.8 Å². The number of rotatable bonds is 8. The Hall–Kier alpha value is -4.15. The predicted octanol–water partition coefficient (Wildman–Crippen LogP) is 7.69. The zero-order chi connectivity index (χ0) is 28.2. The summed E-state index contributed by atoms with van der Waals surface area (Å²) < 4.78 is 12.8. The lowest BCUT2D eigenvalue weighted by atomic mass is 10.1. The van der Waals surface area contributed by atoms with Crippen LogP contribution in [0.5, 0.6) is 11.5 Å². The van der Waals surface area contributed by atoms with E-state index >= 15 is 0 Å². The highest BCUT2D eigenvalue weighted by molar-refractivity contribution is 9.10. The average molecular weight is 619 g/mol. The van der Waals surface area contributed by atoms with Gasteiger partial charge in [-0.15, -0.1) is 0 Å². The monoisotopic (exact) mass is 617 g/mol. The molecule has 202 valence electrons. The smallest absolute Gasteiger partial charge is 0.269 e. The van der Waals surface area contributed by atoms with E-state index < -0.39 is 4.92 Å². The standard InChI is InChI=1S/C30H24BrN3O5S/c1-3-38-26-15-19(14-24(31)28(26)39-17-21-9-6-8-20-7-4-5-10-23(20)21)16-27-29(35)33-30(40-27)32-25-12-11-22(34(36)37)13-18(25)2/h4-16H,3,17H2,1-2H3,(H,32,33,35)/b27-16+. The molecule has 0 aliphatic carbocycles. The number of benzene rings is 4. The molecule has 0 unspecified atom stereocenters. The van der Waals surface area contributed by atoms with Gasteiger partial charge in [0, 0.05) is 12.1 Å². The highest BCUT2D eigenvalue weighted by Crippen LogP contribution is 2.39. The molecule has 1 saturated heterocycles. The second-order valence-corrected chi connectivity index (χ2v) is 10.8. The first kappa shape index (κ1) is 27.4. The number of hydrogen-bond donors (Lipinski definition) is 1. The molecule has 0 bridgehead atoms. The fourth-order valence-corrected chi connectivity index (χ4v) is 5.67. The van der Waals surface area contributed by atoms with Gasteiger partial charge in [-0.2, -0.15) is 0 Å². The normalized spacial score (nSPS) is 15.0. The van der Waals surface area contributed by atoms with Crippen molar-refractivity contribution in [2.24, 2.45) is 4.99 Å². The molecule has 4 aromatic rings. The van der Waals surface area contributed by atoms with E-state index in [9.17, 15) is 14.9 Å². The molecule has 1 aliphatic heterocycles. The van der Waals surface area contributed by atoms with Crippen LogP contribution in [0, 0.1) is 17.0 Å². The van der Waals surface area contributed by atoms with Crippen molar-refractivity contribution in [3.8, 4) is 11.5 Å². The highest BCUT2D eigenvalue weighted by Gasteiger charge is 2.25. The zero-order valence-electron chi connectivity index (χ0n) is 21.6. The van der Waals surface area contributed by atoms with Gasteiger partial charge in [-0.1, -0.05) is 42.5 Å². The van der Waals surface area contributed by atoms with Gasteiger partial charge in [0.1, 0.15) is 6.61 Å². The molecule has 0 atom stereocenters. The van der Waals surface area contributed by atoms with E-state index in [1.54, 1.807) is 19.1 Å². The minimum atomic E-state index is -0.453. The maximum Gasteiger partial charge on any atom is 0.269 e. The number of nitro groups is 1. The van der Waals surface area contributed by atoms with Crippen molar-refractivity contribution in [2.75, 3.05) is 6.61 Å². The number of aliphatic imine (C=N–C) groups is 1. The van der Waals surface area contributed by atoms with Crippen molar-refractivity contribution in [3.63, 3.8) is 0 Å². The lowest BCUT2D eigenvalue weighted by molar-refractivity contribution is -0.384. The minimum absolute atomic E-state index is 0.00892. The van der Waals surface area contributed by atoms with Crippen molar-refractivity contribution in [1.29, 1.82) is 0 Å². The molecule has 40 heavy (non-hydrogen) atoms. The van der Waals surface area contributed by atoms with E-state index in [0.717, 1.165) is 21.9 Å². The molecule has 0 saturated carbocycles. The Morgan fingerprint density at radius 3 is 2.65 bits per heavy atom. The van der Waals surface area contributed by atoms with Gasteiger partial charge < -0.3 is 14.8 Å². The third-order valence-corrected chi connectivity index (χ3v) is 7.64. The highest BCUT2D eigenvalue weighted by atomic mass is 79.9. The van der Waals surface area contributed by atoms with Crippen LogP contribution >= 0.6 is 27.7 Å². The fourth-order valence-electron chi connectivity index (χ4n) is 4.26. The number of amidine groups is 1. The molecule has 1 fully saturated rings. The third-order valence-electron chi connectivity index (χ3n) is 6.15. The van der Waals surface area contributed by atoms with Crippen LogP contribution in [0.4, 0.5) is 11.4 Å². The summed E-state index contributed by atoms with van der Waals surface area (Å²) in [6.45, 7) is 4.44. The van der Waals surface area contributed by atoms with Crippen LogP contribution in [0.15, 0.2) is 87.2 Å². The van der Waals surface area contributed by atoms with Gasteiger partial charge in [-0.05, 0) is 93.3 Å². The number of nitrogens with one attached hydrogen (secondary N) is 1. The van der Waals surface area contributed by atoms with E-state index in [1.807, 2.05) is 43.3 Å². The second-order valence-electron chi connectivity index (χ2n) is 8.90. The van der Waals surface area contributed by atoms with Gasteiger partial charge in [0.25, 0.3) is 11.6 Å². The number of hydrogen-bond acceptors (Lipinski definition) is 7. The Bertz CT molecular complexity index is 1700. The summed E-state index contributed by atoms with van der Waals surface area (Å²) in [6.07, 6.45) is 1.76. The van der Waals surface area contributed by atoms with Crippen molar-refractivity contribution in [3.05, 3.63) is 109 Å². The first-order valence-electron chi connectivity index (χ1n) is 12.4. The van der Waals surface area contributed by atoms with Crippen LogP contribution in [-0.4, -0.2) is 22.6 Å². The number of amides is 1. The van der Waals surface area contributed by atoms with Crippen molar-refractivity contribution in [2.45, 2.75) is 20.5 Å². The van der Waals surface area contributed by atoms with Crippen molar-refractivity contribution in [1.82, 2.24) is 5.32 Å². The van der Waals surface area contributed by atoms with E-state index in [1.165, 1.54) is 23.9 Å². The van der Waals surface area contributed by atoms with Crippen molar-refractivity contribution >= 4 is 67.0 Å². The number of halogens is 1. The number of carbonyl (C=O) groups excluding carboxylic acids is 1. The van der Waals surface area contributed by atoms with Crippen molar-refractivity contribution < 1.29 is 19.2 Å². The summed E-state index contributed by atoms with van der Waals surface area (Å²) >= 11 is 4.82. The molecular formula is C30H24BrN3O5S. The van der Waals surface area contributed by atoms with Gasteiger partial charge in [0.2, 0.25) is 0 Å². The summed E-state index contributed by atoms with van der Waals surface area (Å²) in [7, 11) is 0. The van der Waals surface area contributed by atoms with E-state index in [0.29, 0.717) is 50.5 Å². The largest absolute Gasteiger partial charge is 0.490 e. The quantitative estimate of drug-likeness (QED) is 0.123. The summed E-state index contributed by atoms with van der Waals surface area (Å²) in [5.41, 5.74) is 2.98. The number of fused-ring (bicyclic) bond motifs is 1. The number of aryl methyl sites for hydroxylation is 1. The molecule has 1 heterocycles. The number of thioether (sulfide) groups is 1. The topological polar surface area (TPSA) is 103 Å². The van der Waals surface area contributed by atoms with Crippen LogP contribution < -0.4 is 14.8 Å². The molecule has 10 heteroatoms. The number of non-ortho nitro benzene ring substituents is 1. The third kappa shape index (κ3) is 6.03. The van der Waals surface area contributed by atoms with Gasteiger partial charge in [-0.3, -0.25) is 14.9 Å². The van der Waals surface area contributed by atoms with E-state index in [-0.39, 0.29) is 11.6 Å². The van der Waals surface area contributed by atoms with Crippen LogP contribution in [0.1, 0.15) is 23.6 Å². The predicted molar refractivity (Wildman–Crippen MR) is 162 cm³/mol. The Balaban J connectivity index is 1.38. The molecule has 5 rings (SSSR count). The number of ether oxygens (including phenoxy) is 2. The number of nitro benzene ring substituents is 1. The summed E-state index contributed by atoms with van der Waals surface area (Å²) in [5, 5.41) is 16.4. The minimum Gasteiger partial charge on any atom is -0.490 e. The van der Waals surface area contributed by atoms with Crippen LogP contribution in [-0.2, 0) is 11.4 Å². The Labute approximate surface area is 243 Å². The molecule has 1 N–H and O–H groups in total. The van der Waals surface area contributed by atoms with Crippen LogP contribution in [0.2, 0.25) is 0 Å². The maximum absolute atomic E-state index is 12.7. The molecule has 0 radical (unpaired) electrons. The zero-order valence-corrected chi connectivity index (χ0v) is 24.0. The molecule has 0 aromatic heterocycles. The lowest BCUT2D eigenvalue weighted by Crippen LogP contribution is -2.19. The second kappa shape index (κ2) is 11.9. The maximum atomic E-state index is 12.7. The van der Waals surface area contributed by atoms with Crippen LogP contribution in [0.3, 0.4) is 0 Å². The van der Waals surface area contributed by atoms with Gasteiger partial charge >= 0.3 is 0 Å². The Morgan fingerprint density at radius 1 is 1.07 bits per heavy atom. The lowest BCUT2D eigenvalue weighted by Gasteiger charge is -2.15. The Kier molecular flexibility index (Phi) is 8.18. The molecule has 1 aliphatic rings. The molecule has 0 spiro atoms. The van der Waals surface area contributed by atoms with Gasteiger partial charge in [0.15, 0.2) is 16.7 Å². The molecule has 1 amide bonds. The first-order valence-corrected chi connectivity index (χ1v) is 14.0. The van der Waals surface area contributed by atoms with E-state index in [4.69, 9.17) is 9.47 Å². The number of carbonyl (C=O) groups is 1. The average Bonchev–Trinajstić information content (AvgIpc) is 3.27.